The first-order valence-electron chi connectivity index (χ1n) is 10.9. The van der Waals surface area contributed by atoms with Gasteiger partial charge in [-0.2, -0.15) is 5.10 Å². The summed E-state index contributed by atoms with van der Waals surface area (Å²) in [5.74, 6) is -0.567. The van der Waals surface area contributed by atoms with Crippen LogP contribution in [0.5, 0.6) is 5.75 Å². The molecule has 0 saturated carbocycles. The van der Waals surface area contributed by atoms with Crippen LogP contribution < -0.4 is 21.1 Å². The zero-order valence-corrected chi connectivity index (χ0v) is 18.7. The summed E-state index contributed by atoms with van der Waals surface area (Å²) in [7, 11) is 0. The van der Waals surface area contributed by atoms with Crippen molar-refractivity contribution >= 4 is 22.6 Å². The summed E-state index contributed by atoms with van der Waals surface area (Å²) >= 11 is 0. The van der Waals surface area contributed by atoms with Crippen molar-refractivity contribution in [1.29, 1.82) is 0 Å². The topological polar surface area (TPSA) is 102 Å². The first kappa shape index (κ1) is 22.7. The van der Waals surface area contributed by atoms with Gasteiger partial charge in [0.15, 0.2) is 12.3 Å². The van der Waals surface area contributed by atoms with Gasteiger partial charge in [0.25, 0.3) is 17.4 Å². The van der Waals surface area contributed by atoms with Crippen molar-refractivity contribution in [2.24, 2.45) is 0 Å². The van der Waals surface area contributed by atoms with Gasteiger partial charge in [0.1, 0.15) is 5.75 Å². The van der Waals surface area contributed by atoms with Gasteiger partial charge in [-0.25, -0.2) is 4.68 Å². The maximum Gasteiger partial charge on any atom is 0.290 e. The molecule has 0 atom stereocenters. The zero-order chi connectivity index (χ0) is 23.9. The third-order valence-corrected chi connectivity index (χ3v) is 5.27. The highest BCUT2D eigenvalue weighted by Gasteiger charge is 2.17. The minimum atomic E-state index is -0.628. The molecule has 0 saturated heterocycles. The number of hydrogen-bond donors (Lipinski definition) is 2. The fourth-order valence-corrected chi connectivity index (χ4v) is 3.59. The van der Waals surface area contributed by atoms with Gasteiger partial charge in [-0.1, -0.05) is 66.7 Å². The Bertz CT molecular complexity index is 1380. The van der Waals surface area contributed by atoms with E-state index in [9.17, 15) is 14.4 Å². The standard InChI is InChI=1S/C26H24N4O4/c1-2-30-26(33)21-14-8-7-13-20(21)24(29-30)25(32)28-27-23(31)17-34-22-15-9-6-12-19(22)16-18-10-4-3-5-11-18/h3-15H,2,16-17H2,1H3,(H,27,31)(H,28,32). The number of nitrogens with one attached hydrogen (secondary N) is 2. The quantitative estimate of drug-likeness (QED) is 0.417. The minimum Gasteiger partial charge on any atom is -0.483 e. The predicted octanol–water partition coefficient (Wildman–Crippen LogP) is 2.85. The molecule has 0 aliphatic heterocycles. The highest BCUT2D eigenvalue weighted by molar-refractivity contribution is 6.05. The fourth-order valence-electron chi connectivity index (χ4n) is 3.59. The number of carbonyl (C=O) groups excluding carboxylic acids is 2. The van der Waals surface area contributed by atoms with E-state index >= 15 is 0 Å². The van der Waals surface area contributed by atoms with Crippen LogP contribution in [-0.2, 0) is 17.8 Å². The summed E-state index contributed by atoms with van der Waals surface area (Å²) in [6, 6.07) is 24.2. The van der Waals surface area contributed by atoms with E-state index in [1.807, 2.05) is 48.5 Å². The largest absolute Gasteiger partial charge is 0.483 e. The number of aryl methyl sites for hydroxylation is 1. The number of para-hydroxylation sites is 1. The molecule has 4 aromatic rings. The molecule has 4 rings (SSSR count). The molecule has 0 radical (unpaired) electrons. The van der Waals surface area contributed by atoms with E-state index in [1.165, 1.54) is 4.68 Å². The van der Waals surface area contributed by atoms with E-state index in [0.29, 0.717) is 29.5 Å². The summed E-state index contributed by atoms with van der Waals surface area (Å²) < 4.78 is 6.92. The van der Waals surface area contributed by atoms with E-state index in [1.54, 1.807) is 37.3 Å². The number of nitrogens with zero attached hydrogens (tertiary/aromatic N) is 2. The maximum absolute atomic E-state index is 12.7. The van der Waals surface area contributed by atoms with Crippen molar-refractivity contribution in [1.82, 2.24) is 20.6 Å². The molecule has 0 spiro atoms. The SMILES string of the molecule is CCn1nc(C(=O)NNC(=O)COc2ccccc2Cc2ccccc2)c2ccccc2c1=O. The van der Waals surface area contributed by atoms with Gasteiger partial charge in [-0.05, 0) is 30.2 Å². The molecule has 8 nitrogen and oxygen atoms in total. The molecular weight excluding hydrogens is 432 g/mol. The number of hydrazine groups is 1. The lowest BCUT2D eigenvalue weighted by atomic mass is 10.0. The van der Waals surface area contributed by atoms with E-state index in [0.717, 1.165) is 11.1 Å². The van der Waals surface area contributed by atoms with Crippen LogP contribution in [0.2, 0.25) is 0 Å². The number of hydrogen-bond acceptors (Lipinski definition) is 5. The number of ether oxygens (including phenoxy) is 1. The lowest BCUT2D eigenvalue weighted by Crippen LogP contribution is -2.44. The zero-order valence-electron chi connectivity index (χ0n) is 18.7. The van der Waals surface area contributed by atoms with Crippen molar-refractivity contribution in [3.05, 3.63) is 106 Å². The van der Waals surface area contributed by atoms with Gasteiger partial charge in [-0.3, -0.25) is 25.2 Å². The summed E-state index contributed by atoms with van der Waals surface area (Å²) in [6.07, 6.45) is 0.668. The van der Waals surface area contributed by atoms with E-state index in [-0.39, 0.29) is 17.9 Å². The molecule has 172 valence electrons. The Morgan fingerprint density at radius 1 is 0.882 bits per heavy atom. The molecule has 1 heterocycles. The first-order valence-corrected chi connectivity index (χ1v) is 10.9. The number of benzene rings is 3. The Morgan fingerprint density at radius 2 is 1.56 bits per heavy atom. The summed E-state index contributed by atoms with van der Waals surface area (Å²) in [5.41, 5.74) is 6.55. The van der Waals surface area contributed by atoms with Crippen LogP contribution in [0.1, 0.15) is 28.5 Å². The van der Waals surface area contributed by atoms with Crippen molar-refractivity contribution < 1.29 is 14.3 Å². The van der Waals surface area contributed by atoms with Gasteiger partial charge < -0.3 is 4.74 Å². The van der Waals surface area contributed by atoms with Gasteiger partial charge >= 0.3 is 0 Å². The molecule has 2 N–H and O–H groups in total. The first-order chi connectivity index (χ1) is 16.6. The van der Waals surface area contributed by atoms with Crippen LogP contribution in [0.4, 0.5) is 0 Å². The Kier molecular flexibility index (Phi) is 6.98. The third kappa shape index (κ3) is 5.12. The van der Waals surface area contributed by atoms with Crippen molar-refractivity contribution in [3.63, 3.8) is 0 Å². The van der Waals surface area contributed by atoms with Crippen LogP contribution in [-0.4, -0.2) is 28.2 Å². The molecule has 0 aliphatic rings. The minimum absolute atomic E-state index is 0.0477. The molecular formula is C26H24N4O4. The Hall–Kier alpha value is -4.46. The Labute approximate surface area is 196 Å². The molecule has 0 unspecified atom stereocenters. The van der Waals surface area contributed by atoms with Crippen molar-refractivity contribution in [2.75, 3.05) is 6.61 Å². The van der Waals surface area contributed by atoms with Crippen molar-refractivity contribution in [3.8, 4) is 5.75 Å². The monoisotopic (exact) mass is 456 g/mol. The molecule has 3 aromatic carbocycles. The van der Waals surface area contributed by atoms with Crippen LogP contribution in [0.3, 0.4) is 0 Å². The number of carbonyl (C=O) groups is 2. The summed E-state index contributed by atoms with van der Waals surface area (Å²) in [4.78, 5) is 37.5. The van der Waals surface area contributed by atoms with Crippen LogP contribution >= 0.6 is 0 Å². The third-order valence-electron chi connectivity index (χ3n) is 5.27. The molecule has 8 heteroatoms. The summed E-state index contributed by atoms with van der Waals surface area (Å²) in [6.45, 7) is 1.79. The molecule has 0 fully saturated rings. The molecule has 34 heavy (non-hydrogen) atoms. The van der Waals surface area contributed by atoms with Crippen molar-refractivity contribution in [2.45, 2.75) is 19.9 Å². The van der Waals surface area contributed by atoms with Crippen LogP contribution in [0.25, 0.3) is 10.8 Å². The number of rotatable bonds is 7. The highest BCUT2D eigenvalue weighted by Crippen LogP contribution is 2.21. The number of aromatic nitrogens is 2. The molecule has 0 aliphatic carbocycles. The predicted molar refractivity (Wildman–Crippen MR) is 128 cm³/mol. The van der Waals surface area contributed by atoms with Gasteiger partial charge in [0.05, 0.1) is 5.39 Å². The van der Waals surface area contributed by atoms with E-state index < -0.39 is 11.8 Å². The average Bonchev–Trinajstić information content (AvgIpc) is 2.88. The lowest BCUT2D eigenvalue weighted by Gasteiger charge is -2.13. The van der Waals surface area contributed by atoms with E-state index in [2.05, 4.69) is 16.0 Å². The second kappa shape index (κ2) is 10.4. The van der Waals surface area contributed by atoms with Crippen LogP contribution in [0, 0.1) is 0 Å². The highest BCUT2D eigenvalue weighted by atomic mass is 16.5. The number of amides is 2. The smallest absolute Gasteiger partial charge is 0.290 e. The maximum atomic E-state index is 12.7. The lowest BCUT2D eigenvalue weighted by molar-refractivity contribution is -0.123. The Morgan fingerprint density at radius 3 is 2.32 bits per heavy atom. The van der Waals surface area contributed by atoms with Gasteiger partial charge in [0.2, 0.25) is 0 Å². The van der Waals surface area contributed by atoms with E-state index in [4.69, 9.17) is 4.74 Å². The van der Waals surface area contributed by atoms with Gasteiger partial charge in [-0.15, -0.1) is 0 Å². The summed E-state index contributed by atoms with van der Waals surface area (Å²) in [5, 5.41) is 4.95. The second-order valence-electron chi connectivity index (χ2n) is 7.58. The fraction of sp³-hybridized carbons (Fsp3) is 0.154. The number of fused-ring (bicyclic) bond motifs is 1. The van der Waals surface area contributed by atoms with Crippen LogP contribution in [0.15, 0.2) is 83.7 Å². The Balaban J connectivity index is 1.40. The molecule has 2 amide bonds. The average molecular weight is 457 g/mol. The molecule has 1 aromatic heterocycles. The normalized spacial score (nSPS) is 10.6. The van der Waals surface area contributed by atoms with Gasteiger partial charge in [0, 0.05) is 18.4 Å². The molecule has 0 bridgehead atoms. The second-order valence-corrected chi connectivity index (χ2v) is 7.58.